The summed E-state index contributed by atoms with van der Waals surface area (Å²) >= 11 is 5.09. The Balaban J connectivity index is 2.18. The molecule has 0 unspecified atom stereocenters. The van der Waals surface area contributed by atoms with E-state index in [1.807, 2.05) is 7.05 Å². The predicted octanol–water partition coefficient (Wildman–Crippen LogP) is 2.44. The Kier molecular flexibility index (Phi) is 5.23. The van der Waals surface area contributed by atoms with Gasteiger partial charge in [0.15, 0.2) is 5.11 Å². The maximum atomic E-state index is 5.09. The number of hydrogen-bond donors (Lipinski definition) is 2. The van der Waals surface area contributed by atoms with Gasteiger partial charge in [-0.1, -0.05) is 19.8 Å². The second-order valence-corrected chi connectivity index (χ2v) is 4.64. The van der Waals surface area contributed by atoms with Crippen LogP contribution in [0.15, 0.2) is 0 Å². The van der Waals surface area contributed by atoms with Gasteiger partial charge >= 0.3 is 0 Å². The van der Waals surface area contributed by atoms with Gasteiger partial charge in [-0.15, -0.1) is 0 Å². The van der Waals surface area contributed by atoms with Gasteiger partial charge in [0, 0.05) is 13.1 Å². The molecular weight excluding hydrogens is 192 g/mol. The highest BCUT2D eigenvalue weighted by molar-refractivity contribution is 7.80. The second kappa shape index (κ2) is 6.23. The molecule has 2 N–H and O–H groups in total. The largest absolute Gasteiger partial charge is 0.366 e. The van der Waals surface area contributed by atoms with Gasteiger partial charge in [-0.3, -0.25) is 0 Å². The quantitative estimate of drug-likeness (QED) is 0.706. The van der Waals surface area contributed by atoms with Crippen molar-refractivity contribution in [2.24, 2.45) is 5.92 Å². The van der Waals surface area contributed by atoms with Crippen LogP contribution < -0.4 is 10.6 Å². The first kappa shape index (κ1) is 11.8. The normalized spacial score (nSPS) is 27.0. The summed E-state index contributed by atoms with van der Waals surface area (Å²) in [6.07, 6.45) is 8.05. The van der Waals surface area contributed by atoms with Crippen LogP contribution in [-0.4, -0.2) is 18.2 Å². The lowest BCUT2D eigenvalue weighted by Crippen LogP contribution is -2.42. The summed E-state index contributed by atoms with van der Waals surface area (Å²) in [5.74, 6) is 0.973. The molecule has 0 atom stereocenters. The van der Waals surface area contributed by atoms with Gasteiger partial charge in [0.2, 0.25) is 0 Å². The topological polar surface area (TPSA) is 24.1 Å². The predicted molar refractivity (Wildman–Crippen MR) is 65.4 cm³/mol. The van der Waals surface area contributed by atoms with Crippen LogP contribution in [0.1, 0.15) is 45.4 Å². The Labute approximate surface area is 92.8 Å². The monoisotopic (exact) mass is 214 g/mol. The molecular formula is C11H22N2S. The van der Waals surface area contributed by atoms with Crippen LogP contribution in [-0.2, 0) is 0 Å². The summed E-state index contributed by atoms with van der Waals surface area (Å²) in [5, 5.41) is 7.12. The molecule has 0 aromatic rings. The SMILES string of the molecule is CCCC1CCC(NC(=S)NC)CC1. The Morgan fingerprint density at radius 2 is 1.93 bits per heavy atom. The van der Waals surface area contributed by atoms with Crippen LogP contribution in [0.25, 0.3) is 0 Å². The summed E-state index contributed by atoms with van der Waals surface area (Å²) in [4.78, 5) is 0. The zero-order valence-electron chi connectivity index (χ0n) is 9.31. The molecule has 0 bridgehead atoms. The molecule has 1 aliphatic carbocycles. The average molecular weight is 214 g/mol. The molecule has 0 aromatic carbocycles. The lowest BCUT2D eigenvalue weighted by molar-refractivity contribution is 0.296. The fourth-order valence-corrected chi connectivity index (χ4v) is 2.43. The van der Waals surface area contributed by atoms with Crippen LogP contribution in [0.2, 0.25) is 0 Å². The summed E-state index contributed by atoms with van der Waals surface area (Å²) in [6.45, 7) is 2.28. The minimum Gasteiger partial charge on any atom is -0.366 e. The van der Waals surface area contributed by atoms with Crippen molar-refractivity contribution in [1.82, 2.24) is 10.6 Å². The number of hydrogen-bond acceptors (Lipinski definition) is 1. The van der Waals surface area contributed by atoms with Crippen molar-refractivity contribution in [2.45, 2.75) is 51.5 Å². The molecule has 14 heavy (non-hydrogen) atoms. The zero-order chi connectivity index (χ0) is 10.4. The summed E-state index contributed by atoms with van der Waals surface area (Å²) in [6, 6.07) is 0.614. The van der Waals surface area contributed by atoms with Crippen LogP contribution in [0.5, 0.6) is 0 Å². The summed E-state index contributed by atoms with van der Waals surface area (Å²) in [7, 11) is 1.87. The minimum atomic E-state index is 0.614. The van der Waals surface area contributed by atoms with Gasteiger partial charge in [0.25, 0.3) is 0 Å². The van der Waals surface area contributed by atoms with Gasteiger partial charge in [0.1, 0.15) is 0 Å². The molecule has 1 rings (SSSR count). The average Bonchev–Trinajstić information content (AvgIpc) is 2.21. The van der Waals surface area contributed by atoms with Gasteiger partial charge in [-0.2, -0.15) is 0 Å². The van der Waals surface area contributed by atoms with Crippen LogP contribution in [0.3, 0.4) is 0 Å². The van der Waals surface area contributed by atoms with Crippen LogP contribution in [0.4, 0.5) is 0 Å². The standard InChI is InChI=1S/C11H22N2S/c1-3-4-9-5-7-10(8-6-9)13-11(14)12-2/h9-10H,3-8H2,1-2H3,(H2,12,13,14). The van der Waals surface area contributed by atoms with E-state index in [0.717, 1.165) is 11.0 Å². The van der Waals surface area contributed by atoms with Crippen LogP contribution in [0, 0.1) is 5.92 Å². The molecule has 0 heterocycles. The van der Waals surface area contributed by atoms with Crippen LogP contribution >= 0.6 is 12.2 Å². The van der Waals surface area contributed by atoms with Crippen molar-refractivity contribution in [1.29, 1.82) is 0 Å². The first-order valence-electron chi connectivity index (χ1n) is 5.74. The van der Waals surface area contributed by atoms with Gasteiger partial charge in [0.05, 0.1) is 0 Å². The van der Waals surface area contributed by atoms with Crippen molar-refractivity contribution in [3.63, 3.8) is 0 Å². The van der Waals surface area contributed by atoms with E-state index in [0.29, 0.717) is 6.04 Å². The first-order valence-corrected chi connectivity index (χ1v) is 6.15. The number of thiocarbonyl (C=S) groups is 1. The van der Waals surface area contributed by atoms with Crippen molar-refractivity contribution >= 4 is 17.3 Å². The van der Waals surface area contributed by atoms with E-state index < -0.39 is 0 Å². The zero-order valence-corrected chi connectivity index (χ0v) is 10.1. The van der Waals surface area contributed by atoms with E-state index in [4.69, 9.17) is 12.2 Å². The summed E-state index contributed by atoms with van der Waals surface area (Å²) < 4.78 is 0. The molecule has 0 amide bonds. The summed E-state index contributed by atoms with van der Waals surface area (Å²) in [5.41, 5.74) is 0. The van der Waals surface area contributed by atoms with Gasteiger partial charge < -0.3 is 10.6 Å². The van der Waals surface area contributed by atoms with E-state index in [9.17, 15) is 0 Å². The van der Waals surface area contributed by atoms with E-state index in [-0.39, 0.29) is 0 Å². The molecule has 0 aromatic heterocycles. The highest BCUT2D eigenvalue weighted by Crippen LogP contribution is 2.27. The smallest absolute Gasteiger partial charge is 0.166 e. The lowest BCUT2D eigenvalue weighted by Gasteiger charge is -2.29. The minimum absolute atomic E-state index is 0.614. The maximum Gasteiger partial charge on any atom is 0.166 e. The fraction of sp³-hybridized carbons (Fsp3) is 0.909. The second-order valence-electron chi connectivity index (χ2n) is 4.23. The molecule has 82 valence electrons. The Bertz CT molecular complexity index is 174. The van der Waals surface area contributed by atoms with Crippen molar-refractivity contribution < 1.29 is 0 Å². The molecule has 1 aliphatic rings. The highest BCUT2D eigenvalue weighted by Gasteiger charge is 2.20. The number of nitrogens with one attached hydrogen (secondary N) is 2. The highest BCUT2D eigenvalue weighted by atomic mass is 32.1. The van der Waals surface area contributed by atoms with E-state index in [1.54, 1.807) is 0 Å². The van der Waals surface area contributed by atoms with Gasteiger partial charge in [-0.25, -0.2) is 0 Å². The fourth-order valence-electron chi connectivity index (χ4n) is 2.26. The third kappa shape index (κ3) is 3.82. The molecule has 3 heteroatoms. The molecule has 0 radical (unpaired) electrons. The maximum absolute atomic E-state index is 5.09. The molecule has 0 aliphatic heterocycles. The molecule has 1 saturated carbocycles. The first-order chi connectivity index (χ1) is 6.76. The third-order valence-corrected chi connectivity index (χ3v) is 3.43. The molecule has 0 saturated heterocycles. The molecule has 1 fully saturated rings. The number of rotatable bonds is 3. The van der Waals surface area contributed by atoms with E-state index in [2.05, 4.69) is 17.6 Å². The van der Waals surface area contributed by atoms with E-state index >= 15 is 0 Å². The Morgan fingerprint density at radius 3 is 2.43 bits per heavy atom. The third-order valence-electron chi connectivity index (χ3n) is 3.11. The molecule has 0 spiro atoms. The van der Waals surface area contributed by atoms with Gasteiger partial charge in [-0.05, 0) is 43.8 Å². The van der Waals surface area contributed by atoms with Crippen molar-refractivity contribution in [3.8, 4) is 0 Å². The molecule has 2 nitrogen and oxygen atoms in total. The van der Waals surface area contributed by atoms with Crippen molar-refractivity contribution in [2.75, 3.05) is 7.05 Å². The Hall–Kier alpha value is -0.310. The lowest BCUT2D eigenvalue weighted by atomic mass is 9.83. The van der Waals surface area contributed by atoms with E-state index in [1.165, 1.54) is 38.5 Å². The van der Waals surface area contributed by atoms with Crippen molar-refractivity contribution in [3.05, 3.63) is 0 Å². The Morgan fingerprint density at radius 1 is 1.29 bits per heavy atom.